The van der Waals surface area contributed by atoms with Gasteiger partial charge >= 0.3 is 0 Å². The van der Waals surface area contributed by atoms with E-state index in [9.17, 15) is 4.39 Å². The summed E-state index contributed by atoms with van der Waals surface area (Å²) in [4.78, 5) is 0. The monoisotopic (exact) mass is 376 g/mol. The second kappa shape index (κ2) is 5.97. The molecular weight excluding hydrogens is 366 g/mol. The summed E-state index contributed by atoms with van der Waals surface area (Å²) in [7, 11) is 0. The Bertz CT molecular complexity index is 545. The fourth-order valence-corrected chi connectivity index (χ4v) is 2.34. The van der Waals surface area contributed by atoms with Gasteiger partial charge in [-0.05, 0) is 64.0 Å². The highest BCUT2D eigenvalue weighted by molar-refractivity contribution is 14.1. The third-order valence-corrected chi connectivity index (χ3v) is 3.70. The van der Waals surface area contributed by atoms with Crippen molar-refractivity contribution in [3.63, 3.8) is 0 Å². The number of nitrogens with two attached hydrogens (primary N) is 1. The molecule has 2 aromatic rings. The predicted molar refractivity (Wildman–Crippen MR) is 79.7 cm³/mol. The highest BCUT2D eigenvalue weighted by Crippen LogP contribution is 2.28. The quantitative estimate of drug-likeness (QED) is 0.488. The van der Waals surface area contributed by atoms with E-state index >= 15 is 0 Å². The minimum absolute atomic E-state index is 0.329. The first kappa shape index (κ1) is 13.7. The zero-order valence-electron chi connectivity index (χ0n) is 9.33. The Morgan fingerprint density at radius 3 is 2.44 bits per heavy atom. The SMILES string of the molecule is NNC(c1ccc(I)cc1)c1cc(F)ccc1Cl. The highest BCUT2D eigenvalue weighted by atomic mass is 127. The lowest BCUT2D eigenvalue weighted by Gasteiger charge is -2.18. The smallest absolute Gasteiger partial charge is 0.123 e. The van der Waals surface area contributed by atoms with Gasteiger partial charge in [0.25, 0.3) is 0 Å². The van der Waals surface area contributed by atoms with Crippen molar-refractivity contribution in [1.29, 1.82) is 0 Å². The van der Waals surface area contributed by atoms with Crippen LogP contribution in [0.15, 0.2) is 42.5 Å². The summed E-state index contributed by atoms with van der Waals surface area (Å²) in [5.74, 6) is 5.23. The molecule has 2 rings (SSSR count). The number of halogens is 3. The Morgan fingerprint density at radius 2 is 1.83 bits per heavy atom. The van der Waals surface area contributed by atoms with Crippen LogP contribution in [0.3, 0.4) is 0 Å². The van der Waals surface area contributed by atoms with E-state index in [0.29, 0.717) is 10.6 Å². The topological polar surface area (TPSA) is 38.0 Å². The first-order valence-electron chi connectivity index (χ1n) is 5.28. The first-order chi connectivity index (χ1) is 8.61. The third kappa shape index (κ3) is 3.00. The summed E-state index contributed by atoms with van der Waals surface area (Å²) in [5, 5.41) is 0.484. The molecular formula is C13H11ClFIN2. The summed E-state index contributed by atoms with van der Waals surface area (Å²) in [6, 6.07) is 11.7. The second-order valence-electron chi connectivity index (χ2n) is 3.82. The average Bonchev–Trinajstić information content (AvgIpc) is 2.37. The van der Waals surface area contributed by atoms with E-state index in [-0.39, 0.29) is 11.9 Å². The van der Waals surface area contributed by atoms with E-state index in [1.54, 1.807) is 0 Å². The van der Waals surface area contributed by atoms with Gasteiger partial charge in [-0.1, -0.05) is 23.7 Å². The molecule has 18 heavy (non-hydrogen) atoms. The molecule has 0 radical (unpaired) electrons. The van der Waals surface area contributed by atoms with Crippen LogP contribution in [0.5, 0.6) is 0 Å². The van der Waals surface area contributed by atoms with Gasteiger partial charge in [0.2, 0.25) is 0 Å². The van der Waals surface area contributed by atoms with Crippen LogP contribution in [0, 0.1) is 9.39 Å². The summed E-state index contributed by atoms with van der Waals surface area (Å²) in [6.45, 7) is 0. The molecule has 0 aliphatic carbocycles. The average molecular weight is 377 g/mol. The molecule has 0 aliphatic rings. The van der Waals surface area contributed by atoms with Gasteiger partial charge in [-0.2, -0.15) is 0 Å². The molecule has 0 aliphatic heterocycles. The zero-order chi connectivity index (χ0) is 13.1. The van der Waals surface area contributed by atoms with Crippen LogP contribution in [0.25, 0.3) is 0 Å². The first-order valence-corrected chi connectivity index (χ1v) is 6.74. The molecule has 0 amide bonds. The molecule has 1 unspecified atom stereocenters. The molecule has 3 N–H and O–H groups in total. The van der Waals surface area contributed by atoms with Crippen LogP contribution in [0.4, 0.5) is 4.39 Å². The van der Waals surface area contributed by atoms with Gasteiger partial charge < -0.3 is 0 Å². The van der Waals surface area contributed by atoms with E-state index in [1.165, 1.54) is 18.2 Å². The maximum atomic E-state index is 13.3. The van der Waals surface area contributed by atoms with E-state index < -0.39 is 0 Å². The Labute approximate surface area is 123 Å². The molecule has 2 nitrogen and oxygen atoms in total. The molecule has 0 aromatic heterocycles. The molecule has 0 fully saturated rings. The van der Waals surface area contributed by atoms with Gasteiger partial charge in [-0.3, -0.25) is 5.84 Å². The van der Waals surface area contributed by atoms with Crippen molar-refractivity contribution in [2.45, 2.75) is 6.04 Å². The van der Waals surface area contributed by atoms with E-state index in [0.717, 1.165) is 9.13 Å². The lowest BCUT2D eigenvalue weighted by Crippen LogP contribution is -2.29. The lowest BCUT2D eigenvalue weighted by molar-refractivity contribution is 0.605. The standard InChI is InChI=1S/C13H11ClFIN2/c14-12-6-3-9(15)7-11(12)13(18-17)8-1-4-10(16)5-2-8/h1-7,13,18H,17H2. The maximum Gasteiger partial charge on any atom is 0.123 e. The largest absolute Gasteiger partial charge is 0.271 e. The molecule has 0 saturated heterocycles. The van der Waals surface area contributed by atoms with Crippen molar-refractivity contribution in [2.75, 3.05) is 0 Å². The van der Waals surface area contributed by atoms with Crippen LogP contribution in [-0.4, -0.2) is 0 Å². The van der Waals surface area contributed by atoms with Crippen LogP contribution >= 0.6 is 34.2 Å². The summed E-state index contributed by atoms with van der Waals surface area (Å²) >= 11 is 8.31. The normalized spacial score (nSPS) is 12.4. The molecule has 0 heterocycles. The Balaban J connectivity index is 2.44. The zero-order valence-corrected chi connectivity index (χ0v) is 12.2. The number of hydrazine groups is 1. The van der Waals surface area contributed by atoms with Gasteiger partial charge in [0.05, 0.1) is 6.04 Å². The molecule has 94 valence electrons. The van der Waals surface area contributed by atoms with E-state index in [4.69, 9.17) is 17.4 Å². The van der Waals surface area contributed by atoms with Crippen molar-refractivity contribution < 1.29 is 4.39 Å². The van der Waals surface area contributed by atoms with Crippen molar-refractivity contribution >= 4 is 34.2 Å². The molecule has 2 aromatic carbocycles. The Kier molecular flexibility index (Phi) is 4.55. The van der Waals surface area contributed by atoms with Crippen molar-refractivity contribution in [1.82, 2.24) is 5.43 Å². The third-order valence-electron chi connectivity index (χ3n) is 2.64. The molecule has 5 heteroatoms. The predicted octanol–water partition coefficient (Wildman–Crippen LogP) is 3.64. The number of benzene rings is 2. The van der Waals surface area contributed by atoms with Gasteiger partial charge in [0.15, 0.2) is 0 Å². The van der Waals surface area contributed by atoms with Crippen molar-refractivity contribution in [3.05, 3.63) is 68.0 Å². The Morgan fingerprint density at radius 1 is 1.17 bits per heavy atom. The van der Waals surface area contributed by atoms with Crippen LogP contribution in [0.1, 0.15) is 17.2 Å². The highest BCUT2D eigenvalue weighted by Gasteiger charge is 2.16. The molecule has 0 spiro atoms. The summed E-state index contributed by atoms with van der Waals surface area (Å²) < 4.78 is 14.4. The van der Waals surface area contributed by atoms with Crippen LogP contribution < -0.4 is 11.3 Å². The van der Waals surface area contributed by atoms with Crippen molar-refractivity contribution in [2.24, 2.45) is 5.84 Å². The van der Waals surface area contributed by atoms with Crippen molar-refractivity contribution in [3.8, 4) is 0 Å². The van der Waals surface area contributed by atoms with Crippen LogP contribution in [0.2, 0.25) is 5.02 Å². The Hall–Kier alpha value is -0.690. The van der Waals surface area contributed by atoms with E-state index in [1.807, 2.05) is 24.3 Å². The van der Waals surface area contributed by atoms with Gasteiger partial charge in [0, 0.05) is 8.59 Å². The van der Waals surface area contributed by atoms with E-state index in [2.05, 4.69) is 28.0 Å². The van der Waals surface area contributed by atoms with Gasteiger partial charge in [-0.25, -0.2) is 9.82 Å². The maximum absolute atomic E-state index is 13.3. The molecule has 0 bridgehead atoms. The minimum Gasteiger partial charge on any atom is -0.271 e. The summed E-state index contributed by atoms with van der Waals surface area (Å²) in [6.07, 6.45) is 0. The fourth-order valence-electron chi connectivity index (χ4n) is 1.76. The molecule has 0 saturated carbocycles. The number of hydrogen-bond donors (Lipinski definition) is 2. The number of nitrogens with one attached hydrogen (secondary N) is 1. The molecule has 1 atom stereocenters. The fraction of sp³-hybridized carbons (Fsp3) is 0.0769. The summed E-state index contributed by atoms with van der Waals surface area (Å²) in [5.41, 5.74) is 4.23. The van der Waals surface area contributed by atoms with Gasteiger partial charge in [0.1, 0.15) is 5.82 Å². The number of hydrogen-bond acceptors (Lipinski definition) is 2. The second-order valence-corrected chi connectivity index (χ2v) is 5.47. The lowest BCUT2D eigenvalue weighted by atomic mass is 9.99. The van der Waals surface area contributed by atoms with Gasteiger partial charge in [-0.15, -0.1) is 0 Å². The number of rotatable bonds is 3. The van der Waals surface area contributed by atoms with Crippen LogP contribution in [-0.2, 0) is 0 Å². The minimum atomic E-state index is -0.333.